The topological polar surface area (TPSA) is 53.2 Å². The van der Waals surface area contributed by atoms with Gasteiger partial charge in [-0.05, 0) is 29.8 Å². The minimum Gasteiger partial charge on any atom is -0.457 e. The minimum absolute atomic E-state index is 0.0428. The summed E-state index contributed by atoms with van der Waals surface area (Å²) >= 11 is 0. The van der Waals surface area contributed by atoms with Crippen LogP contribution in [0.2, 0.25) is 0 Å². The molecule has 0 aliphatic rings. The van der Waals surface area contributed by atoms with Gasteiger partial charge in [0.25, 0.3) is 0 Å². The van der Waals surface area contributed by atoms with Gasteiger partial charge in [-0.3, -0.25) is 0 Å². The van der Waals surface area contributed by atoms with Gasteiger partial charge in [0, 0.05) is 6.07 Å². The molecule has 2 aromatic rings. The van der Waals surface area contributed by atoms with Crippen LogP contribution < -0.4 is 4.74 Å². The summed E-state index contributed by atoms with van der Waals surface area (Å²) in [5.74, 6) is 0.265. The average Bonchev–Trinajstić information content (AvgIpc) is 2.39. The summed E-state index contributed by atoms with van der Waals surface area (Å²) < 4.78 is 18.6. The number of halogens is 1. The van der Waals surface area contributed by atoms with Crippen LogP contribution in [-0.2, 0) is 6.61 Å². The molecule has 1 N–H and O–H groups in total. The third-order valence-electron chi connectivity index (χ3n) is 2.34. The first-order valence-corrected chi connectivity index (χ1v) is 5.29. The molecule has 0 bridgehead atoms. The summed E-state index contributed by atoms with van der Waals surface area (Å²) in [6.45, 7) is -0.0428. The number of nitriles is 1. The molecular formula is C14H10FNO2. The molecule has 0 fully saturated rings. The van der Waals surface area contributed by atoms with Crippen LogP contribution in [0.15, 0.2) is 42.5 Å². The van der Waals surface area contributed by atoms with E-state index in [9.17, 15) is 4.39 Å². The molecule has 0 saturated heterocycles. The SMILES string of the molecule is N#Cc1cc(F)cc(Oc2ccc(CO)cc2)c1. The van der Waals surface area contributed by atoms with Crippen molar-refractivity contribution in [1.29, 1.82) is 5.26 Å². The highest BCUT2D eigenvalue weighted by Crippen LogP contribution is 2.23. The fourth-order valence-corrected chi connectivity index (χ4v) is 1.49. The van der Waals surface area contributed by atoms with Gasteiger partial charge < -0.3 is 9.84 Å². The first kappa shape index (κ1) is 12.1. The molecule has 0 saturated carbocycles. The van der Waals surface area contributed by atoms with E-state index < -0.39 is 5.82 Å². The number of aliphatic hydroxyl groups excluding tert-OH is 1. The predicted molar refractivity (Wildman–Crippen MR) is 63.6 cm³/mol. The first-order chi connectivity index (χ1) is 8.71. The van der Waals surface area contributed by atoms with Gasteiger partial charge in [0.2, 0.25) is 0 Å². The third-order valence-corrected chi connectivity index (χ3v) is 2.34. The molecule has 3 nitrogen and oxygen atoms in total. The zero-order chi connectivity index (χ0) is 13.0. The van der Waals surface area contributed by atoms with Crippen LogP contribution in [0.3, 0.4) is 0 Å². The van der Waals surface area contributed by atoms with Gasteiger partial charge >= 0.3 is 0 Å². The molecule has 4 heteroatoms. The normalized spacial score (nSPS) is 9.83. The van der Waals surface area contributed by atoms with Crippen molar-refractivity contribution in [3.05, 3.63) is 59.4 Å². The van der Waals surface area contributed by atoms with Crippen molar-refractivity contribution in [3.63, 3.8) is 0 Å². The lowest BCUT2D eigenvalue weighted by Gasteiger charge is -2.06. The van der Waals surface area contributed by atoms with Gasteiger partial charge in [-0.2, -0.15) is 5.26 Å². The maximum absolute atomic E-state index is 13.2. The summed E-state index contributed by atoms with van der Waals surface area (Å²) in [5.41, 5.74) is 0.969. The molecule has 0 radical (unpaired) electrons. The molecule has 0 aliphatic heterocycles. The van der Waals surface area contributed by atoms with Crippen molar-refractivity contribution >= 4 is 0 Å². The molecule has 0 amide bonds. The Labute approximate surface area is 104 Å². The number of rotatable bonds is 3. The summed E-state index contributed by atoms with van der Waals surface area (Å²) in [5, 5.41) is 17.6. The van der Waals surface area contributed by atoms with Gasteiger partial charge in [-0.25, -0.2) is 4.39 Å². The lowest BCUT2D eigenvalue weighted by molar-refractivity contribution is 0.281. The number of benzene rings is 2. The summed E-state index contributed by atoms with van der Waals surface area (Å²) in [7, 11) is 0. The Kier molecular flexibility index (Phi) is 3.56. The second-order valence-electron chi connectivity index (χ2n) is 3.69. The van der Waals surface area contributed by atoms with E-state index in [0.717, 1.165) is 11.6 Å². The number of nitrogens with zero attached hydrogens (tertiary/aromatic N) is 1. The van der Waals surface area contributed by atoms with Gasteiger partial charge in [0.15, 0.2) is 0 Å². The number of aliphatic hydroxyl groups is 1. The zero-order valence-electron chi connectivity index (χ0n) is 9.43. The van der Waals surface area contributed by atoms with Crippen molar-refractivity contribution in [2.45, 2.75) is 6.61 Å². The largest absolute Gasteiger partial charge is 0.457 e. The fourth-order valence-electron chi connectivity index (χ4n) is 1.49. The standard InChI is InChI=1S/C14H10FNO2/c15-12-5-11(8-16)6-14(7-12)18-13-3-1-10(9-17)2-4-13/h1-7,17H,9H2. The molecule has 0 spiro atoms. The summed E-state index contributed by atoms with van der Waals surface area (Å²) in [6.07, 6.45) is 0. The molecule has 0 aromatic heterocycles. The van der Waals surface area contributed by atoms with E-state index in [1.165, 1.54) is 12.1 Å². The van der Waals surface area contributed by atoms with Crippen LogP contribution in [-0.4, -0.2) is 5.11 Å². The van der Waals surface area contributed by atoms with Crippen LogP contribution in [0, 0.1) is 17.1 Å². The van der Waals surface area contributed by atoms with E-state index in [1.54, 1.807) is 24.3 Å². The van der Waals surface area contributed by atoms with Gasteiger partial charge in [-0.1, -0.05) is 12.1 Å². The molecule has 0 aliphatic carbocycles. The number of hydrogen-bond donors (Lipinski definition) is 1. The molecule has 0 heterocycles. The van der Waals surface area contributed by atoms with Crippen LogP contribution in [0.1, 0.15) is 11.1 Å². The van der Waals surface area contributed by atoms with Crippen LogP contribution in [0.4, 0.5) is 4.39 Å². The zero-order valence-corrected chi connectivity index (χ0v) is 9.43. The molecule has 2 rings (SSSR count). The average molecular weight is 243 g/mol. The highest BCUT2D eigenvalue weighted by Gasteiger charge is 2.03. The lowest BCUT2D eigenvalue weighted by atomic mass is 10.2. The molecule has 2 aromatic carbocycles. The fraction of sp³-hybridized carbons (Fsp3) is 0.0714. The van der Waals surface area contributed by atoms with Gasteiger partial charge in [0.1, 0.15) is 17.3 Å². The molecule has 18 heavy (non-hydrogen) atoms. The van der Waals surface area contributed by atoms with Crippen LogP contribution in [0.5, 0.6) is 11.5 Å². The van der Waals surface area contributed by atoms with E-state index in [1.807, 2.05) is 6.07 Å². The molecule has 0 unspecified atom stereocenters. The lowest BCUT2D eigenvalue weighted by Crippen LogP contribution is -1.88. The summed E-state index contributed by atoms with van der Waals surface area (Å²) in [6, 6.07) is 12.4. The van der Waals surface area contributed by atoms with Crippen LogP contribution >= 0.6 is 0 Å². The van der Waals surface area contributed by atoms with E-state index >= 15 is 0 Å². The minimum atomic E-state index is -0.518. The molecule has 90 valence electrons. The third kappa shape index (κ3) is 2.84. The van der Waals surface area contributed by atoms with Crippen molar-refractivity contribution in [3.8, 4) is 17.6 Å². The second kappa shape index (κ2) is 5.30. The van der Waals surface area contributed by atoms with Crippen molar-refractivity contribution in [2.24, 2.45) is 0 Å². The summed E-state index contributed by atoms with van der Waals surface area (Å²) in [4.78, 5) is 0. The number of ether oxygens (including phenoxy) is 1. The molecular weight excluding hydrogens is 233 g/mol. The maximum Gasteiger partial charge on any atom is 0.131 e. The Morgan fingerprint density at radius 3 is 2.44 bits per heavy atom. The van der Waals surface area contributed by atoms with E-state index in [-0.39, 0.29) is 17.9 Å². The molecule has 0 atom stereocenters. The number of hydrogen-bond acceptors (Lipinski definition) is 3. The monoisotopic (exact) mass is 243 g/mol. The van der Waals surface area contributed by atoms with Crippen molar-refractivity contribution in [2.75, 3.05) is 0 Å². The Balaban J connectivity index is 2.22. The Bertz CT molecular complexity index is 588. The van der Waals surface area contributed by atoms with Gasteiger partial charge in [-0.15, -0.1) is 0 Å². The van der Waals surface area contributed by atoms with E-state index in [0.29, 0.717) is 5.75 Å². The Morgan fingerprint density at radius 1 is 1.11 bits per heavy atom. The Morgan fingerprint density at radius 2 is 1.83 bits per heavy atom. The van der Waals surface area contributed by atoms with Crippen molar-refractivity contribution < 1.29 is 14.2 Å². The van der Waals surface area contributed by atoms with E-state index in [4.69, 9.17) is 15.1 Å². The smallest absolute Gasteiger partial charge is 0.131 e. The Hall–Kier alpha value is -2.38. The maximum atomic E-state index is 13.2. The first-order valence-electron chi connectivity index (χ1n) is 5.29. The predicted octanol–water partition coefficient (Wildman–Crippen LogP) is 2.98. The van der Waals surface area contributed by atoms with E-state index in [2.05, 4.69) is 0 Å². The quantitative estimate of drug-likeness (QED) is 0.901. The van der Waals surface area contributed by atoms with Crippen LogP contribution in [0.25, 0.3) is 0 Å². The second-order valence-corrected chi connectivity index (χ2v) is 3.69. The highest BCUT2D eigenvalue weighted by atomic mass is 19.1. The van der Waals surface area contributed by atoms with Gasteiger partial charge in [0.05, 0.1) is 18.2 Å². The van der Waals surface area contributed by atoms with Crippen molar-refractivity contribution in [1.82, 2.24) is 0 Å². The highest BCUT2D eigenvalue weighted by molar-refractivity contribution is 5.40.